The number of esters is 3. The molecule has 0 saturated carbocycles. The van der Waals surface area contributed by atoms with Crippen LogP contribution in [0.4, 0.5) is 0 Å². The average molecular weight is 1140 g/mol. The van der Waals surface area contributed by atoms with Crippen LogP contribution in [0.3, 0.4) is 0 Å². The molecule has 6 heteroatoms. The fourth-order valence-electron chi connectivity index (χ4n) is 10.3. The maximum absolute atomic E-state index is 13.0. The van der Waals surface area contributed by atoms with Crippen LogP contribution in [0, 0.1) is 0 Å². The van der Waals surface area contributed by atoms with Crippen LogP contribution in [0.1, 0.15) is 361 Å². The van der Waals surface area contributed by atoms with E-state index in [0.717, 1.165) is 103 Å². The number of allylic oxidation sites excluding steroid dienone is 14. The van der Waals surface area contributed by atoms with Crippen molar-refractivity contribution in [3.63, 3.8) is 0 Å². The number of rotatable bonds is 65. The van der Waals surface area contributed by atoms with Gasteiger partial charge in [-0.15, -0.1) is 0 Å². The van der Waals surface area contributed by atoms with E-state index in [-0.39, 0.29) is 31.1 Å². The van der Waals surface area contributed by atoms with Gasteiger partial charge in [-0.3, -0.25) is 14.4 Å². The van der Waals surface area contributed by atoms with Crippen molar-refractivity contribution in [2.45, 2.75) is 367 Å². The molecule has 0 spiro atoms. The van der Waals surface area contributed by atoms with Crippen molar-refractivity contribution in [1.29, 1.82) is 0 Å². The molecule has 0 saturated heterocycles. The maximum atomic E-state index is 13.0. The first kappa shape index (κ1) is 78.6. The van der Waals surface area contributed by atoms with Gasteiger partial charge in [0.2, 0.25) is 0 Å². The van der Waals surface area contributed by atoms with E-state index in [0.29, 0.717) is 19.3 Å². The van der Waals surface area contributed by atoms with Gasteiger partial charge in [0, 0.05) is 19.3 Å². The predicted molar refractivity (Wildman–Crippen MR) is 358 cm³/mol. The number of carbonyl (C=O) groups is 3. The fourth-order valence-corrected chi connectivity index (χ4v) is 10.3. The lowest BCUT2D eigenvalue weighted by atomic mass is 10.0. The Morgan fingerprint density at radius 3 is 0.768 bits per heavy atom. The highest BCUT2D eigenvalue weighted by atomic mass is 16.6. The number of hydrogen-bond acceptors (Lipinski definition) is 6. The monoisotopic (exact) mass is 1140 g/mol. The average Bonchev–Trinajstić information content (AvgIpc) is 3.47. The number of unbranched alkanes of at least 4 members (excludes halogenated alkanes) is 40. The molecule has 0 bridgehead atoms. The minimum absolute atomic E-state index is 0.0800. The second-order valence-electron chi connectivity index (χ2n) is 23.8. The maximum Gasteiger partial charge on any atom is 0.306 e. The molecular formula is C76H134O6. The largest absolute Gasteiger partial charge is 0.462 e. The molecule has 0 aliphatic carbocycles. The topological polar surface area (TPSA) is 78.9 Å². The van der Waals surface area contributed by atoms with E-state index in [4.69, 9.17) is 14.2 Å². The Morgan fingerprint density at radius 2 is 0.476 bits per heavy atom. The van der Waals surface area contributed by atoms with Gasteiger partial charge in [0.25, 0.3) is 0 Å². The van der Waals surface area contributed by atoms with Gasteiger partial charge in [0.05, 0.1) is 0 Å². The summed E-state index contributed by atoms with van der Waals surface area (Å²) in [6.45, 7) is 6.55. The zero-order valence-corrected chi connectivity index (χ0v) is 54.5. The van der Waals surface area contributed by atoms with Crippen molar-refractivity contribution >= 4 is 17.9 Å². The molecule has 0 aromatic rings. The van der Waals surface area contributed by atoms with E-state index in [1.807, 2.05) is 0 Å². The summed E-state index contributed by atoms with van der Waals surface area (Å²) in [6.07, 6.45) is 93.2. The first-order valence-corrected chi connectivity index (χ1v) is 35.6. The molecule has 0 amide bonds. The smallest absolute Gasteiger partial charge is 0.306 e. The van der Waals surface area contributed by atoms with Gasteiger partial charge < -0.3 is 14.2 Å². The van der Waals surface area contributed by atoms with Gasteiger partial charge in [0.15, 0.2) is 6.10 Å². The van der Waals surface area contributed by atoms with Crippen LogP contribution >= 0.6 is 0 Å². The molecule has 0 aliphatic rings. The summed E-state index contributed by atoms with van der Waals surface area (Å²) in [7, 11) is 0. The van der Waals surface area contributed by atoms with Crippen molar-refractivity contribution in [2.75, 3.05) is 13.2 Å². The third kappa shape index (κ3) is 67.4. The van der Waals surface area contributed by atoms with E-state index < -0.39 is 6.10 Å². The second kappa shape index (κ2) is 70.1. The number of ether oxygens (including phenoxy) is 3. The number of carbonyl (C=O) groups excluding carboxylic acids is 3. The molecule has 6 nitrogen and oxygen atoms in total. The zero-order chi connectivity index (χ0) is 59.2. The Bertz CT molecular complexity index is 1550. The van der Waals surface area contributed by atoms with Crippen LogP contribution in [0.5, 0.6) is 0 Å². The van der Waals surface area contributed by atoms with Gasteiger partial charge in [-0.25, -0.2) is 0 Å². The molecule has 0 fully saturated rings. The summed E-state index contributed by atoms with van der Waals surface area (Å²) in [6, 6.07) is 0. The molecule has 0 N–H and O–H groups in total. The molecule has 0 radical (unpaired) electrons. The van der Waals surface area contributed by atoms with Gasteiger partial charge in [-0.05, 0) is 116 Å². The van der Waals surface area contributed by atoms with E-state index >= 15 is 0 Å². The molecule has 0 rings (SSSR count). The molecule has 0 heterocycles. The summed E-state index contributed by atoms with van der Waals surface area (Å²) in [4.78, 5) is 38.5. The summed E-state index contributed by atoms with van der Waals surface area (Å²) in [5, 5.41) is 0. The Hall–Kier alpha value is -3.41. The molecule has 1 unspecified atom stereocenters. The van der Waals surface area contributed by atoms with Crippen molar-refractivity contribution in [3.05, 3.63) is 85.1 Å². The standard InChI is InChI=1S/C76H134O6/c1-4-7-10-13-16-19-22-25-28-31-33-35-37-38-40-41-43-45-48-51-54-57-60-63-66-69-75(78)81-72-73(71-80-74(77)68-65-62-59-56-53-50-47-30-27-24-21-18-15-12-9-6-3)82-76(79)70-67-64-61-58-55-52-49-46-44-42-39-36-34-32-29-26-23-20-17-14-11-8-5-2/h7,10,16,19,21,24-25,28,30,32-35,47,73H,4-6,8-9,11-15,17-18,20,22-23,26-27,29,31,36-46,48-72H2,1-3H3/b10-7-,19-16-,24-21-,28-25-,34-32-,35-33-,47-30-. The predicted octanol–water partition coefficient (Wildman–Crippen LogP) is 24.6. The Kier molecular flexibility index (Phi) is 67.2. The van der Waals surface area contributed by atoms with E-state index in [2.05, 4.69) is 106 Å². The Balaban J connectivity index is 4.33. The summed E-state index contributed by atoms with van der Waals surface area (Å²) < 4.78 is 17.0. The lowest BCUT2D eigenvalue weighted by molar-refractivity contribution is -0.167. The molecule has 0 aliphatic heterocycles. The van der Waals surface area contributed by atoms with Crippen molar-refractivity contribution in [3.8, 4) is 0 Å². The van der Waals surface area contributed by atoms with Gasteiger partial charge in [-0.2, -0.15) is 0 Å². The minimum atomic E-state index is -0.785. The van der Waals surface area contributed by atoms with Gasteiger partial charge in [0.1, 0.15) is 13.2 Å². The molecule has 0 aromatic heterocycles. The highest BCUT2D eigenvalue weighted by Crippen LogP contribution is 2.17. The third-order valence-corrected chi connectivity index (χ3v) is 15.6. The SMILES string of the molecule is CC/C=C\C/C=C\C/C=C\C/C=C\CCCCCCCCCCCCCCC(=O)OCC(COC(=O)CCCCCCC/C=C\C/C=C\CCCCCC)OC(=O)CCCCCCCCCCCCC/C=C\CCCCCCCCCC. The molecule has 474 valence electrons. The van der Waals surface area contributed by atoms with Crippen LogP contribution in [-0.2, 0) is 28.6 Å². The van der Waals surface area contributed by atoms with Crippen molar-refractivity contribution in [2.24, 2.45) is 0 Å². The van der Waals surface area contributed by atoms with Crippen LogP contribution in [-0.4, -0.2) is 37.2 Å². The van der Waals surface area contributed by atoms with Crippen molar-refractivity contribution < 1.29 is 28.6 Å². The minimum Gasteiger partial charge on any atom is -0.462 e. The lowest BCUT2D eigenvalue weighted by Gasteiger charge is -2.18. The Labute approximate surface area is 509 Å². The first-order chi connectivity index (χ1) is 40.5. The number of hydrogen-bond donors (Lipinski definition) is 0. The van der Waals surface area contributed by atoms with E-state index in [1.54, 1.807) is 0 Å². The fraction of sp³-hybridized carbons (Fsp3) is 0.776. The molecule has 1 atom stereocenters. The highest BCUT2D eigenvalue weighted by molar-refractivity contribution is 5.71. The summed E-state index contributed by atoms with van der Waals surface area (Å²) in [5.74, 6) is -0.877. The van der Waals surface area contributed by atoms with Crippen LogP contribution in [0.25, 0.3) is 0 Å². The molecular weight excluding hydrogens is 1010 g/mol. The Morgan fingerprint density at radius 1 is 0.256 bits per heavy atom. The lowest BCUT2D eigenvalue weighted by Crippen LogP contribution is -2.30. The molecule has 0 aromatic carbocycles. The quantitative estimate of drug-likeness (QED) is 0.0261. The van der Waals surface area contributed by atoms with E-state index in [1.165, 1.54) is 218 Å². The van der Waals surface area contributed by atoms with Crippen LogP contribution < -0.4 is 0 Å². The second-order valence-corrected chi connectivity index (χ2v) is 23.8. The third-order valence-electron chi connectivity index (χ3n) is 15.6. The highest BCUT2D eigenvalue weighted by Gasteiger charge is 2.19. The van der Waals surface area contributed by atoms with Crippen LogP contribution in [0.15, 0.2) is 85.1 Å². The summed E-state index contributed by atoms with van der Waals surface area (Å²) in [5.41, 5.74) is 0. The van der Waals surface area contributed by atoms with Gasteiger partial charge in [-0.1, -0.05) is 311 Å². The summed E-state index contributed by atoms with van der Waals surface area (Å²) >= 11 is 0. The van der Waals surface area contributed by atoms with Crippen LogP contribution in [0.2, 0.25) is 0 Å². The van der Waals surface area contributed by atoms with Gasteiger partial charge >= 0.3 is 17.9 Å². The first-order valence-electron chi connectivity index (χ1n) is 35.6. The molecule has 82 heavy (non-hydrogen) atoms. The normalized spacial score (nSPS) is 12.6. The zero-order valence-electron chi connectivity index (χ0n) is 54.5. The van der Waals surface area contributed by atoms with Crippen molar-refractivity contribution in [1.82, 2.24) is 0 Å². The van der Waals surface area contributed by atoms with E-state index in [9.17, 15) is 14.4 Å².